The van der Waals surface area contributed by atoms with Crippen molar-refractivity contribution in [1.29, 1.82) is 0 Å². The Bertz CT molecular complexity index is 1280. The number of nitrogens with zero attached hydrogens (tertiary/aromatic N) is 2. The number of aromatic amines is 1. The first-order chi connectivity index (χ1) is 16.0. The van der Waals surface area contributed by atoms with Crippen LogP contribution in [0.25, 0.3) is 11.3 Å². The number of H-pyrrole nitrogens is 1. The van der Waals surface area contributed by atoms with Gasteiger partial charge in [-0.1, -0.05) is 65.7 Å². The Morgan fingerprint density at radius 2 is 1.70 bits per heavy atom. The first-order valence-electron chi connectivity index (χ1n) is 11.0. The molecule has 166 valence electrons. The van der Waals surface area contributed by atoms with Crippen LogP contribution in [-0.2, 0) is 6.54 Å². The Labute approximate surface area is 198 Å². The molecule has 3 aromatic carbocycles. The molecule has 0 spiro atoms. The third-order valence-corrected chi connectivity index (χ3v) is 6.21. The normalized spacial score (nSPS) is 15.1. The predicted molar refractivity (Wildman–Crippen MR) is 130 cm³/mol. The van der Waals surface area contributed by atoms with Crippen LogP contribution in [-0.4, -0.2) is 27.6 Å². The minimum absolute atomic E-state index is 0.0582. The van der Waals surface area contributed by atoms with Crippen LogP contribution < -0.4 is 4.74 Å². The molecular formula is C27H24ClN3O2. The quantitative estimate of drug-likeness (QED) is 0.376. The monoisotopic (exact) mass is 457 g/mol. The van der Waals surface area contributed by atoms with Gasteiger partial charge >= 0.3 is 0 Å². The molecule has 0 fully saturated rings. The molecule has 1 aliphatic rings. The largest absolute Gasteiger partial charge is 0.494 e. The van der Waals surface area contributed by atoms with Crippen LogP contribution in [0.5, 0.6) is 5.75 Å². The molecule has 0 radical (unpaired) electrons. The molecule has 4 aromatic rings. The zero-order valence-electron chi connectivity index (χ0n) is 18.5. The number of ether oxygens (including phenoxy) is 1. The fourth-order valence-corrected chi connectivity index (χ4v) is 4.46. The lowest BCUT2D eigenvalue weighted by Crippen LogP contribution is -2.29. The summed E-state index contributed by atoms with van der Waals surface area (Å²) in [6.07, 6.45) is 0. The molecule has 1 aliphatic heterocycles. The summed E-state index contributed by atoms with van der Waals surface area (Å²) in [6.45, 7) is 5.12. The van der Waals surface area contributed by atoms with Crippen LogP contribution >= 0.6 is 11.6 Å². The van der Waals surface area contributed by atoms with Gasteiger partial charge in [-0.2, -0.15) is 5.10 Å². The number of benzene rings is 3. The molecule has 1 unspecified atom stereocenters. The summed E-state index contributed by atoms with van der Waals surface area (Å²) >= 11 is 6.10. The lowest BCUT2D eigenvalue weighted by molar-refractivity contribution is 0.0730. The highest BCUT2D eigenvalue weighted by atomic mass is 35.5. The number of hydrogen-bond donors (Lipinski definition) is 1. The smallest absolute Gasteiger partial charge is 0.273 e. The maximum atomic E-state index is 13.5. The van der Waals surface area contributed by atoms with Crippen molar-refractivity contribution in [3.8, 4) is 17.0 Å². The second-order valence-corrected chi connectivity index (χ2v) is 8.63. The van der Waals surface area contributed by atoms with E-state index in [1.165, 1.54) is 5.56 Å². The van der Waals surface area contributed by atoms with Crippen LogP contribution in [0.2, 0.25) is 5.02 Å². The van der Waals surface area contributed by atoms with Crippen molar-refractivity contribution in [3.05, 3.63) is 106 Å². The molecule has 2 heterocycles. The third kappa shape index (κ3) is 4.00. The van der Waals surface area contributed by atoms with Crippen molar-refractivity contribution >= 4 is 17.5 Å². The number of halogens is 1. The highest BCUT2D eigenvalue weighted by Crippen LogP contribution is 2.43. The molecule has 33 heavy (non-hydrogen) atoms. The SMILES string of the molecule is CCOc1ccc(C2c3c(-c4ccc(Cl)cc4)n[nH]c3C(=O)N2Cc2ccc(C)cc2)cc1. The fraction of sp³-hybridized carbons (Fsp3) is 0.185. The van der Waals surface area contributed by atoms with E-state index in [0.29, 0.717) is 23.9 Å². The van der Waals surface area contributed by atoms with E-state index in [1.807, 2.05) is 60.4 Å². The van der Waals surface area contributed by atoms with Gasteiger partial charge in [0, 0.05) is 22.7 Å². The van der Waals surface area contributed by atoms with Crippen LogP contribution in [0.4, 0.5) is 0 Å². The van der Waals surface area contributed by atoms with E-state index in [4.69, 9.17) is 16.3 Å². The van der Waals surface area contributed by atoms with Gasteiger partial charge in [-0.15, -0.1) is 0 Å². The first-order valence-corrected chi connectivity index (χ1v) is 11.4. The third-order valence-electron chi connectivity index (χ3n) is 5.96. The van der Waals surface area contributed by atoms with Crippen LogP contribution in [0.15, 0.2) is 72.8 Å². The first kappa shape index (κ1) is 21.3. The van der Waals surface area contributed by atoms with Gasteiger partial charge in [0.15, 0.2) is 0 Å². The summed E-state index contributed by atoms with van der Waals surface area (Å²) in [6, 6.07) is 23.5. The van der Waals surface area contributed by atoms with E-state index < -0.39 is 0 Å². The average molecular weight is 458 g/mol. The van der Waals surface area contributed by atoms with Crippen molar-refractivity contribution in [2.24, 2.45) is 0 Å². The van der Waals surface area contributed by atoms with E-state index in [1.54, 1.807) is 0 Å². The Hall–Kier alpha value is -3.57. The van der Waals surface area contributed by atoms with Gasteiger partial charge in [-0.25, -0.2) is 0 Å². The number of amides is 1. The van der Waals surface area contributed by atoms with Gasteiger partial charge in [0.1, 0.15) is 11.4 Å². The second kappa shape index (κ2) is 8.75. The van der Waals surface area contributed by atoms with Crippen molar-refractivity contribution in [2.45, 2.75) is 26.4 Å². The molecule has 1 amide bonds. The minimum atomic E-state index is -0.270. The molecule has 1 aromatic heterocycles. The lowest BCUT2D eigenvalue weighted by atomic mass is 9.96. The van der Waals surface area contributed by atoms with E-state index >= 15 is 0 Å². The van der Waals surface area contributed by atoms with Crippen LogP contribution in [0.1, 0.15) is 45.7 Å². The number of rotatable bonds is 6. The van der Waals surface area contributed by atoms with Crippen LogP contribution in [0.3, 0.4) is 0 Å². The number of carbonyl (C=O) groups is 1. The molecule has 0 saturated carbocycles. The standard InChI is InChI=1S/C27H24ClN3O2/c1-3-33-22-14-10-20(11-15-22)26-23-24(19-8-12-21(28)13-9-19)29-30-25(23)27(32)31(26)16-18-6-4-17(2)5-7-18/h4-15,26H,3,16H2,1-2H3,(H,29,30). The summed E-state index contributed by atoms with van der Waals surface area (Å²) in [5, 5.41) is 8.19. The number of aromatic nitrogens is 2. The van der Waals surface area contributed by atoms with Gasteiger partial charge in [0.05, 0.1) is 18.3 Å². The van der Waals surface area contributed by atoms with Crippen molar-refractivity contribution in [3.63, 3.8) is 0 Å². The predicted octanol–water partition coefficient (Wildman–Crippen LogP) is 6.18. The van der Waals surface area contributed by atoms with Gasteiger partial charge in [0.2, 0.25) is 0 Å². The van der Waals surface area contributed by atoms with Crippen molar-refractivity contribution in [2.75, 3.05) is 6.61 Å². The number of nitrogens with one attached hydrogen (secondary N) is 1. The Balaban J connectivity index is 1.60. The number of aryl methyl sites for hydroxylation is 1. The van der Waals surface area contributed by atoms with Crippen molar-refractivity contribution in [1.82, 2.24) is 15.1 Å². The fourth-order valence-electron chi connectivity index (χ4n) is 4.34. The lowest BCUT2D eigenvalue weighted by Gasteiger charge is -2.27. The summed E-state index contributed by atoms with van der Waals surface area (Å²) in [5.74, 6) is 0.748. The maximum Gasteiger partial charge on any atom is 0.273 e. The minimum Gasteiger partial charge on any atom is -0.494 e. The molecule has 0 bridgehead atoms. The van der Waals surface area contributed by atoms with Crippen LogP contribution in [0, 0.1) is 6.92 Å². The zero-order valence-corrected chi connectivity index (χ0v) is 19.3. The van der Waals surface area contributed by atoms with Gasteiger partial charge in [-0.3, -0.25) is 9.89 Å². The summed E-state index contributed by atoms with van der Waals surface area (Å²) < 4.78 is 5.63. The van der Waals surface area contributed by atoms with Gasteiger partial charge < -0.3 is 9.64 Å². The Morgan fingerprint density at radius 3 is 2.36 bits per heavy atom. The molecule has 1 N–H and O–H groups in total. The molecule has 5 rings (SSSR count). The Morgan fingerprint density at radius 1 is 1.00 bits per heavy atom. The van der Waals surface area contributed by atoms with E-state index in [0.717, 1.165) is 33.7 Å². The molecule has 1 atom stereocenters. The molecule has 0 aliphatic carbocycles. The summed E-state index contributed by atoms with van der Waals surface area (Å²) in [4.78, 5) is 15.4. The number of carbonyl (C=O) groups excluding carboxylic acids is 1. The summed E-state index contributed by atoms with van der Waals surface area (Å²) in [5.41, 5.74) is 6.38. The van der Waals surface area contributed by atoms with E-state index in [9.17, 15) is 4.79 Å². The molecule has 0 saturated heterocycles. The highest BCUT2D eigenvalue weighted by molar-refractivity contribution is 6.30. The van der Waals surface area contributed by atoms with Crippen molar-refractivity contribution < 1.29 is 9.53 Å². The van der Waals surface area contributed by atoms with E-state index in [2.05, 4.69) is 41.4 Å². The molecular weight excluding hydrogens is 434 g/mol. The summed E-state index contributed by atoms with van der Waals surface area (Å²) in [7, 11) is 0. The average Bonchev–Trinajstić information content (AvgIpc) is 3.36. The number of hydrogen-bond acceptors (Lipinski definition) is 3. The molecule has 5 nitrogen and oxygen atoms in total. The Kier molecular flexibility index (Phi) is 5.65. The zero-order chi connectivity index (χ0) is 22.9. The number of fused-ring (bicyclic) bond motifs is 1. The molecule has 6 heteroatoms. The topological polar surface area (TPSA) is 58.2 Å². The highest BCUT2D eigenvalue weighted by Gasteiger charge is 2.42. The second-order valence-electron chi connectivity index (χ2n) is 8.19. The van der Waals surface area contributed by atoms with Gasteiger partial charge in [-0.05, 0) is 49.2 Å². The maximum absolute atomic E-state index is 13.5. The van der Waals surface area contributed by atoms with Gasteiger partial charge in [0.25, 0.3) is 5.91 Å². The van der Waals surface area contributed by atoms with E-state index in [-0.39, 0.29) is 11.9 Å².